The number of benzene rings is 1. The number of rotatable bonds is 1. The van der Waals surface area contributed by atoms with E-state index in [1.807, 2.05) is 11.9 Å². The van der Waals surface area contributed by atoms with Gasteiger partial charge in [-0.2, -0.15) is 0 Å². The standard InChI is InChI=1S/C16H18N2O4/c1-17-11-6-7-18(12(11)3-5-15(17)19)16(20)10-2-4-13-14(8-10)22-9-21-13/h2,4,8,11-12H,3,5-7,9H2,1H3. The van der Waals surface area contributed by atoms with E-state index in [1.165, 1.54) is 0 Å². The number of nitrogens with zero attached hydrogens (tertiary/aromatic N) is 2. The molecule has 2 fully saturated rings. The van der Waals surface area contributed by atoms with Crippen LogP contribution in [0.25, 0.3) is 0 Å². The second-order valence-electron chi connectivity index (χ2n) is 6.03. The zero-order valence-corrected chi connectivity index (χ0v) is 12.4. The van der Waals surface area contributed by atoms with Crippen molar-refractivity contribution in [2.75, 3.05) is 20.4 Å². The maximum atomic E-state index is 12.8. The molecule has 1 aromatic carbocycles. The minimum absolute atomic E-state index is 0.00792. The number of carbonyl (C=O) groups excluding carboxylic acids is 2. The van der Waals surface area contributed by atoms with Gasteiger partial charge in [-0.1, -0.05) is 0 Å². The fourth-order valence-corrected chi connectivity index (χ4v) is 3.72. The largest absolute Gasteiger partial charge is 0.454 e. The summed E-state index contributed by atoms with van der Waals surface area (Å²) in [5, 5.41) is 0. The van der Waals surface area contributed by atoms with E-state index in [0.717, 1.165) is 12.8 Å². The molecule has 3 heterocycles. The summed E-state index contributed by atoms with van der Waals surface area (Å²) >= 11 is 0. The predicted octanol–water partition coefficient (Wildman–Crippen LogP) is 1.25. The molecule has 2 atom stereocenters. The third kappa shape index (κ3) is 1.94. The predicted molar refractivity (Wildman–Crippen MR) is 77.8 cm³/mol. The first kappa shape index (κ1) is 13.4. The average molecular weight is 302 g/mol. The highest BCUT2D eigenvalue weighted by Crippen LogP contribution is 2.35. The van der Waals surface area contributed by atoms with Gasteiger partial charge >= 0.3 is 0 Å². The smallest absolute Gasteiger partial charge is 0.254 e. The zero-order valence-electron chi connectivity index (χ0n) is 12.4. The SMILES string of the molecule is CN1C(=O)CCC2C1CCN2C(=O)c1ccc2c(c1)OCO2. The van der Waals surface area contributed by atoms with Crippen LogP contribution in [0.3, 0.4) is 0 Å². The van der Waals surface area contributed by atoms with Gasteiger partial charge in [0.15, 0.2) is 11.5 Å². The number of amides is 2. The first-order chi connectivity index (χ1) is 10.6. The van der Waals surface area contributed by atoms with Crippen molar-refractivity contribution >= 4 is 11.8 Å². The lowest BCUT2D eigenvalue weighted by Crippen LogP contribution is -2.51. The number of carbonyl (C=O) groups is 2. The normalized spacial score (nSPS) is 26.3. The number of fused-ring (bicyclic) bond motifs is 2. The lowest BCUT2D eigenvalue weighted by atomic mass is 9.96. The summed E-state index contributed by atoms with van der Waals surface area (Å²) in [7, 11) is 1.84. The van der Waals surface area contributed by atoms with Crippen LogP contribution < -0.4 is 9.47 Å². The van der Waals surface area contributed by atoms with Crippen molar-refractivity contribution in [3.63, 3.8) is 0 Å². The van der Waals surface area contributed by atoms with Crippen LogP contribution in [0.4, 0.5) is 0 Å². The highest BCUT2D eigenvalue weighted by atomic mass is 16.7. The van der Waals surface area contributed by atoms with Crippen molar-refractivity contribution < 1.29 is 19.1 Å². The molecule has 0 spiro atoms. The Morgan fingerprint density at radius 2 is 2.00 bits per heavy atom. The Morgan fingerprint density at radius 1 is 1.18 bits per heavy atom. The molecule has 3 aliphatic rings. The van der Waals surface area contributed by atoms with Gasteiger partial charge in [0.1, 0.15) is 0 Å². The number of likely N-dealkylation sites (N-methyl/N-ethyl adjacent to an activating group) is 1. The number of hydrogen-bond donors (Lipinski definition) is 0. The number of ether oxygens (including phenoxy) is 2. The van der Waals surface area contributed by atoms with Crippen LogP contribution in [0.5, 0.6) is 11.5 Å². The van der Waals surface area contributed by atoms with Gasteiger partial charge in [0.25, 0.3) is 5.91 Å². The Labute approximate surface area is 128 Å². The highest BCUT2D eigenvalue weighted by molar-refractivity contribution is 5.95. The van der Waals surface area contributed by atoms with Crippen LogP contribution in [0.2, 0.25) is 0 Å². The van der Waals surface area contributed by atoms with E-state index in [9.17, 15) is 9.59 Å². The molecule has 0 aromatic heterocycles. The topological polar surface area (TPSA) is 59.1 Å². The molecule has 0 bridgehead atoms. The molecule has 4 rings (SSSR count). The van der Waals surface area contributed by atoms with E-state index in [4.69, 9.17) is 9.47 Å². The summed E-state index contributed by atoms with van der Waals surface area (Å²) in [5.74, 6) is 1.49. The second kappa shape index (κ2) is 4.90. The average Bonchev–Trinajstić information content (AvgIpc) is 3.16. The molecule has 3 aliphatic heterocycles. The summed E-state index contributed by atoms with van der Waals surface area (Å²) in [4.78, 5) is 28.3. The van der Waals surface area contributed by atoms with Crippen LogP contribution in [0, 0.1) is 0 Å². The summed E-state index contributed by atoms with van der Waals surface area (Å²) in [6.07, 6.45) is 2.12. The molecule has 1 aromatic rings. The van der Waals surface area contributed by atoms with E-state index in [1.54, 1.807) is 23.1 Å². The summed E-state index contributed by atoms with van der Waals surface area (Å²) in [5.41, 5.74) is 0.615. The van der Waals surface area contributed by atoms with Crippen LogP contribution in [-0.4, -0.2) is 54.1 Å². The van der Waals surface area contributed by atoms with Gasteiger partial charge in [0.05, 0.1) is 12.1 Å². The molecule has 2 unspecified atom stereocenters. The third-order valence-electron chi connectivity index (χ3n) is 4.94. The molecule has 22 heavy (non-hydrogen) atoms. The zero-order chi connectivity index (χ0) is 15.3. The Hall–Kier alpha value is -2.24. The van der Waals surface area contributed by atoms with Crippen molar-refractivity contribution in [1.82, 2.24) is 9.80 Å². The lowest BCUT2D eigenvalue weighted by Gasteiger charge is -2.37. The summed E-state index contributed by atoms with van der Waals surface area (Å²) < 4.78 is 10.6. The fourth-order valence-electron chi connectivity index (χ4n) is 3.72. The molecule has 0 radical (unpaired) electrons. The highest BCUT2D eigenvalue weighted by Gasteiger charge is 2.43. The van der Waals surface area contributed by atoms with Crippen LogP contribution in [-0.2, 0) is 4.79 Å². The van der Waals surface area contributed by atoms with E-state index in [2.05, 4.69) is 0 Å². The summed E-state index contributed by atoms with van der Waals surface area (Å²) in [6.45, 7) is 0.897. The number of piperidine rings is 1. The molecule has 6 heteroatoms. The van der Waals surface area contributed by atoms with Crippen LogP contribution in [0.1, 0.15) is 29.6 Å². The molecule has 0 saturated carbocycles. The van der Waals surface area contributed by atoms with Gasteiger partial charge < -0.3 is 19.3 Å². The maximum Gasteiger partial charge on any atom is 0.254 e. The van der Waals surface area contributed by atoms with E-state index in [0.29, 0.717) is 30.0 Å². The van der Waals surface area contributed by atoms with Gasteiger partial charge in [0, 0.05) is 25.6 Å². The van der Waals surface area contributed by atoms with Crippen LogP contribution >= 0.6 is 0 Å². The first-order valence-electron chi connectivity index (χ1n) is 7.61. The van der Waals surface area contributed by atoms with Gasteiger partial charge in [-0.15, -0.1) is 0 Å². The van der Waals surface area contributed by atoms with Gasteiger partial charge in [-0.05, 0) is 31.0 Å². The van der Waals surface area contributed by atoms with Crippen molar-refractivity contribution in [2.45, 2.75) is 31.3 Å². The van der Waals surface area contributed by atoms with Crippen molar-refractivity contribution in [3.05, 3.63) is 23.8 Å². The Bertz CT molecular complexity index is 645. The number of hydrogen-bond acceptors (Lipinski definition) is 4. The third-order valence-corrected chi connectivity index (χ3v) is 4.94. The second-order valence-corrected chi connectivity index (χ2v) is 6.03. The number of likely N-dealkylation sites (tertiary alicyclic amines) is 2. The van der Waals surface area contributed by atoms with Crippen molar-refractivity contribution in [1.29, 1.82) is 0 Å². The van der Waals surface area contributed by atoms with E-state index < -0.39 is 0 Å². The molecule has 2 saturated heterocycles. The molecule has 2 amide bonds. The fraction of sp³-hybridized carbons (Fsp3) is 0.500. The Balaban J connectivity index is 1.57. The molecular weight excluding hydrogens is 284 g/mol. The molecule has 0 N–H and O–H groups in total. The molecule has 6 nitrogen and oxygen atoms in total. The Kier molecular flexibility index (Phi) is 2.99. The minimum atomic E-state index is 0.00792. The lowest BCUT2D eigenvalue weighted by molar-refractivity contribution is -0.135. The van der Waals surface area contributed by atoms with Gasteiger partial charge in [-0.3, -0.25) is 9.59 Å². The van der Waals surface area contributed by atoms with Gasteiger partial charge in [0.2, 0.25) is 12.7 Å². The van der Waals surface area contributed by atoms with Crippen molar-refractivity contribution in [2.24, 2.45) is 0 Å². The van der Waals surface area contributed by atoms with Gasteiger partial charge in [-0.25, -0.2) is 0 Å². The molecule has 116 valence electrons. The Morgan fingerprint density at radius 3 is 2.86 bits per heavy atom. The van der Waals surface area contributed by atoms with E-state index in [-0.39, 0.29) is 30.7 Å². The summed E-state index contributed by atoms with van der Waals surface area (Å²) in [6, 6.07) is 5.58. The maximum absolute atomic E-state index is 12.8. The van der Waals surface area contributed by atoms with Crippen LogP contribution in [0.15, 0.2) is 18.2 Å². The monoisotopic (exact) mass is 302 g/mol. The first-order valence-corrected chi connectivity index (χ1v) is 7.61. The van der Waals surface area contributed by atoms with Crippen molar-refractivity contribution in [3.8, 4) is 11.5 Å². The quantitative estimate of drug-likeness (QED) is 0.783. The minimum Gasteiger partial charge on any atom is -0.454 e. The molecular formula is C16H18N2O4. The molecule has 0 aliphatic carbocycles. The van der Waals surface area contributed by atoms with E-state index >= 15 is 0 Å².